The molecule has 4 heteroatoms. The van der Waals surface area contributed by atoms with Gasteiger partial charge in [-0.1, -0.05) is 71.1 Å². The van der Waals surface area contributed by atoms with Gasteiger partial charge in [-0.25, -0.2) is 0 Å². The molecule has 0 aromatic heterocycles. The van der Waals surface area contributed by atoms with E-state index in [2.05, 4.69) is 6.92 Å². The summed E-state index contributed by atoms with van der Waals surface area (Å²) in [6.45, 7) is 3.01. The number of alkyl halides is 2. The van der Waals surface area contributed by atoms with Gasteiger partial charge in [0.25, 0.3) is 0 Å². The highest BCUT2D eigenvalue weighted by atomic mass is 35.5. The zero-order valence-corrected chi connectivity index (χ0v) is 16.8. The maximum absolute atomic E-state index is 6.38. The van der Waals surface area contributed by atoms with Gasteiger partial charge in [0.2, 0.25) is 0 Å². The molecule has 22 heavy (non-hydrogen) atoms. The Morgan fingerprint density at radius 1 is 0.818 bits per heavy atom. The molecule has 0 radical (unpaired) electrons. The molecule has 0 aliphatic heterocycles. The van der Waals surface area contributed by atoms with Crippen LogP contribution in [-0.2, 0) is 0 Å². The van der Waals surface area contributed by atoms with Gasteiger partial charge in [0.15, 0.2) is 0 Å². The predicted molar refractivity (Wildman–Crippen MR) is 107 cm³/mol. The second-order valence-corrected chi connectivity index (χ2v) is 8.65. The first-order valence-electron chi connectivity index (χ1n) is 9.26. The highest BCUT2D eigenvalue weighted by molar-refractivity contribution is 7.99. The minimum Gasteiger partial charge on any atom is -0.330 e. The van der Waals surface area contributed by atoms with Gasteiger partial charge in [-0.2, -0.15) is 11.8 Å². The van der Waals surface area contributed by atoms with E-state index in [4.69, 9.17) is 28.9 Å². The zero-order valence-electron chi connectivity index (χ0n) is 14.5. The molecule has 134 valence electrons. The van der Waals surface area contributed by atoms with Crippen LogP contribution in [0.2, 0.25) is 0 Å². The Balaban J connectivity index is 3.25. The van der Waals surface area contributed by atoms with Gasteiger partial charge in [-0.05, 0) is 12.8 Å². The molecule has 2 atom stereocenters. The van der Waals surface area contributed by atoms with Crippen LogP contribution in [0.25, 0.3) is 0 Å². The molecule has 2 N–H and O–H groups in total. The molecule has 0 fully saturated rings. The van der Waals surface area contributed by atoms with E-state index in [1.54, 1.807) is 0 Å². The predicted octanol–water partition coefficient (Wildman–Crippen LogP) is 6.59. The summed E-state index contributed by atoms with van der Waals surface area (Å²) < 4.78 is 0. The lowest BCUT2D eigenvalue weighted by Crippen LogP contribution is -2.12. The second-order valence-electron chi connectivity index (χ2n) is 6.26. The van der Waals surface area contributed by atoms with Crippen molar-refractivity contribution in [2.45, 2.75) is 94.7 Å². The van der Waals surface area contributed by atoms with Crippen molar-refractivity contribution in [1.82, 2.24) is 0 Å². The number of halogens is 2. The number of nitrogens with two attached hydrogens (primary N) is 1. The van der Waals surface area contributed by atoms with Crippen LogP contribution in [0.1, 0.15) is 84.0 Å². The standard InChI is InChI=1S/C18H37Cl2NS/c1-2-3-4-5-6-7-8-9-10-11-12-17(19)15-18(20)16-22-14-13-21/h17-18H,2-16,21H2,1H3. The van der Waals surface area contributed by atoms with Gasteiger partial charge in [-0.3, -0.25) is 0 Å². The lowest BCUT2D eigenvalue weighted by Gasteiger charge is -2.13. The summed E-state index contributed by atoms with van der Waals surface area (Å²) in [6.07, 6.45) is 15.8. The fraction of sp³-hybridized carbons (Fsp3) is 1.00. The minimum absolute atomic E-state index is 0.196. The third kappa shape index (κ3) is 17.2. The molecule has 0 aliphatic carbocycles. The fourth-order valence-electron chi connectivity index (χ4n) is 2.61. The Labute approximate surface area is 153 Å². The van der Waals surface area contributed by atoms with E-state index in [0.29, 0.717) is 0 Å². The first-order valence-corrected chi connectivity index (χ1v) is 11.3. The van der Waals surface area contributed by atoms with Crippen LogP contribution in [0.3, 0.4) is 0 Å². The Morgan fingerprint density at radius 3 is 1.91 bits per heavy atom. The largest absolute Gasteiger partial charge is 0.330 e. The van der Waals surface area contributed by atoms with E-state index < -0.39 is 0 Å². The summed E-state index contributed by atoms with van der Waals surface area (Å²) in [7, 11) is 0. The third-order valence-corrected chi connectivity index (χ3v) is 6.02. The number of thioether (sulfide) groups is 1. The van der Waals surface area contributed by atoms with Crippen molar-refractivity contribution in [1.29, 1.82) is 0 Å². The molecular weight excluding hydrogens is 333 g/mol. The molecule has 0 saturated heterocycles. The van der Waals surface area contributed by atoms with Crippen LogP contribution >= 0.6 is 35.0 Å². The summed E-state index contributed by atoms with van der Waals surface area (Å²) >= 11 is 14.5. The summed E-state index contributed by atoms with van der Waals surface area (Å²) in [5.41, 5.74) is 5.47. The minimum atomic E-state index is 0.196. The first kappa shape index (κ1) is 22.9. The van der Waals surface area contributed by atoms with Gasteiger partial charge in [0.05, 0.1) is 0 Å². The first-order chi connectivity index (χ1) is 10.7. The smallest absolute Gasteiger partial charge is 0.0440 e. The monoisotopic (exact) mass is 369 g/mol. The molecule has 0 rings (SSSR count). The average molecular weight is 370 g/mol. The Bertz CT molecular complexity index is 217. The molecule has 0 amide bonds. The van der Waals surface area contributed by atoms with E-state index in [9.17, 15) is 0 Å². The van der Waals surface area contributed by atoms with Crippen LogP contribution in [-0.4, -0.2) is 28.8 Å². The molecule has 0 aromatic rings. The summed E-state index contributed by atoms with van der Waals surface area (Å²) in [6, 6.07) is 0. The van der Waals surface area contributed by atoms with Crippen molar-refractivity contribution >= 4 is 35.0 Å². The lowest BCUT2D eigenvalue weighted by molar-refractivity contribution is 0.541. The highest BCUT2D eigenvalue weighted by Crippen LogP contribution is 2.20. The summed E-state index contributed by atoms with van der Waals surface area (Å²) in [4.78, 5) is 0. The maximum Gasteiger partial charge on any atom is 0.0440 e. The SMILES string of the molecule is CCCCCCCCCCCCC(Cl)CC(Cl)CSCCN. The van der Waals surface area contributed by atoms with Crippen molar-refractivity contribution in [2.75, 3.05) is 18.1 Å². The van der Waals surface area contributed by atoms with Crippen LogP contribution in [0, 0.1) is 0 Å². The number of hydrogen-bond donors (Lipinski definition) is 1. The summed E-state index contributed by atoms with van der Waals surface area (Å²) in [5, 5.41) is 0.442. The molecule has 0 saturated carbocycles. The molecular formula is C18H37Cl2NS. The third-order valence-electron chi connectivity index (χ3n) is 3.94. The molecule has 0 aromatic carbocycles. The lowest BCUT2D eigenvalue weighted by atomic mass is 10.0. The molecule has 0 spiro atoms. The number of hydrogen-bond acceptors (Lipinski definition) is 2. The molecule has 0 bridgehead atoms. The van der Waals surface area contributed by atoms with Crippen LogP contribution < -0.4 is 5.73 Å². The normalized spacial score (nSPS) is 14.2. The summed E-state index contributed by atoms with van der Waals surface area (Å²) in [5.74, 6) is 1.97. The van der Waals surface area contributed by atoms with Crippen molar-refractivity contribution in [3.8, 4) is 0 Å². The topological polar surface area (TPSA) is 26.0 Å². The van der Waals surface area contributed by atoms with Gasteiger partial charge in [-0.15, -0.1) is 23.2 Å². The van der Waals surface area contributed by atoms with Crippen LogP contribution in [0.5, 0.6) is 0 Å². The van der Waals surface area contributed by atoms with Gasteiger partial charge < -0.3 is 5.73 Å². The van der Waals surface area contributed by atoms with Crippen molar-refractivity contribution in [2.24, 2.45) is 5.73 Å². The zero-order chi connectivity index (χ0) is 16.5. The van der Waals surface area contributed by atoms with Crippen molar-refractivity contribution in [3.05, 3.63) is 0 Å². The van der Waals surface area contributed by atoms with Crippen molar-refractivity contribution < 1.29 is 0 Å². The molecule has 0 aliphatic rings. The van der Waals surface area contributed by atoms with E-state index in [0.717, 1.165) is 30.9 Å². The van der Waals surface area contributed by atoms with Crippen LogP contribution in [0.4, 0.5) is 0 Å². The number of unbranched alkanes of at least 4 members (excludes halogenated alkanes) is 9. The molecule has 2 unspecified atom stereocenters. The Hall–Kier alpha value is 0.890. The maximum atomic E-state index is 6.38. The van der Waals surface area contributed by atoms with E-state index >= 15 is 0 Å². The highest BCUT2D eigenvalue weighted by Gasteiger charge is 2.12. The Morgan fingerprint density at radius 2 is 1.36 bits per heavy atom. The van der Waals surface area contributed by atoms with E-state index in [1.807, 2.05) is 11.8 Å². The Kier molecular flexibility index (Phi) is 19.0. The molecule has 1 nitrogen and oxygen atoms in total. The molecule has 0 heterocycles. The fourth-order valence-corrected chi connectivity index (χ4v) is 4.28. The number of rotatable bonds is 17. The van der Waals surface area contributed by atoms with Crippen LogP contribution in [0.15, 0.2) is 0 Å². The van der Waals surface area contributed by atoms with E-state index in [-0.39, 0.29) is 10.8 Å². The average Bonchev–Trinajstić information content (AvgIpc) is 2.49. The quantitative estimate of drug-likeness (QED) is 0.231. The van der Waals surface area contributed by atoms with E-state index in [1.165, 1.54) is 64.2 Å². The van der Waals surface area contributed by atoms with Gasteiger partial charge in [0.1, 0.15) is 0 Å². The van der Waals surface area contributed by atoms with Crippen molar-refractivity contribution in [3.63, 3.8) is 0 Å². The second kappa shape index (κ2) is 18.2. The van der Waals surface area contributed by atoms with Gasteiger partial charge >= 0.3 is 0 Å². The van der Waals surface area contributed by atoms with Gasteiger partial charge in [0, 0.05) is 28.8 Å².